The minimum atomic E-state index is -4.61. The van der Waals surface area contributed by atoms with Gasteiger partial charge in [0.2, 0.25) is 5.82 Å². The van der Waals surface area contributed by atoms with Crippen LogP contribution in [-0.4, -0.2) is 109 Å². The number of nitro groups is 1. The number of amides is 1. The molecule has 1 amide bonds. The van der Waals surface area contributed by atoms with Crippen LogP contribution in [-0.2, 0) is 14.8 Å². The first-order valence-electron chi connectivity index (χ1n) is 23.1. The monoisotopic (exact) mass is 903 g/mol. The van der Waals surface area contributed by atoms with Crippen LogP contribution in [0.25, 0.3) is 11.0 Å². The predicted octanol–water partition coefficient (Wildman–Crippen LogP) is 7.62. The van der Waals surface area contributed by atoms with Gasteiger partial charge in [0.05, 0.1) is 22.9 Å². The van der Waals surface area contributed by atoms with E-state index >= 15 is 0 Å². The number of sulfonamides is 1. The molecule has 5 aromatic rings. The summed E-state index contributed by atoms with van der Waals surface area (Å²) in [6.07, 6.45) is 13.0. The number of benzene rings is 2. The van der Waals surface area contributed by atoms with Crippen LogP contribution in [0.5, 0.6) is 11.5 Å². The van der Waals surface area contributed by atoms with E-state index in [1.165, 1.54) is 31.2 Å². The molecular formula is C48H57N9O7S. The van der Waals surface area contributed by atoms with E-state index in [1.807, 2.05) is 12.1 Å². The number of aromatic nitrogens is 3. The molecule has 16 nitrogen and oxygen atoms in total. The Morgan fingerprint density at radius 3 is 2.51 bits per heavy atom. The summed E-state index contributed by atoms with van der Waals surface area (Å²) >= 11 is 0. The Hall–Kier alpha value is -5.62. The summed E-state index contributed by atoms with van der Waals surface area (Å²) in [6, 6.07) is 19.9. The molecule has 0 bridgehead atoms. The third-order valence-electron chi connectivity index (χ3n) is 14.6. The van der Waals surface area contributed by atoms with Gasteiger partial charge in [-0.3, -0.25) is 19.8 Å². The molecule has 5 fully saturated rings. The highest BCUT2D eigenvalue weighted by molar-refractivity contribution is 7.90. The first-order valence-corrected chi connectivity index (χ1v) is 24.6. The molecule has 3 aromatic heterocycles. The Labute approximate surface area is 379 Å². The van der Waals surface area contributed by atoms with Gasteiger partial charge in [0.25, 0.3) is 15.9 Å². The second-order valence-corrected chi connectivity index (χ2v) is 20.3. The van der Waals surface area contributed by atoms with Crippen LogP contribution in [0.4, 0.5) is 17.2 Å². The number of hydrogen-bond acceptors (Lipinski definition) is 13. The van der Waals surface area contributed by atoms with Crippen LogP contribution < -0.4 is 19.7 Å². The molecule has 3 N–H and O–H groups in total. The second-order valence-electron chi connectivity index (χ2n) is 18.6. The summed E-state index contributed by atoms with van der Waals surface area (Å²) in [5.41, 5.74) is 4.37. The lowest BCUT2D eigenvalue weighted by molar-refractivity contribution is -0.384. The molecule has 1 atom stereocenters. The van der Waals surface area contributed by atoms with Crippen molar-refractivity contribution in [2.24, 2.45) is 11.3 Å². The van der Waals surface area contributed by atoms with Crippen molar-refractivity contribution in [2.45, 2.75) is 81.2 Å². The molecule has 65 heavy (non-hydrogen) atoms. The fourth-order valence-electron chi connectivity index (χ4n) is 10.6. The lowest BCUT2D eigenvalue weighted by atomic mass is 9.59. The molecule has 0 unspecified atom stereocenters. The maximum absolute atomic E-state index is 14.0. The summed E-state index contributed by atoms with van der Waals surface area (Å²) in [5, 5.41) is 15.9. The van der Waals surface area contributed by atoms with Gasteiger partial charge in [0.1, 0.15) is 22.0 Å². The number of rotatable bonds is 14. The highest BCUT2D eigenvalue weighted by atomic mass is 32.2. The van der Waals surface area contributed by atoms with Crippen LogP contribution in [0.1, 0.15) is 91.7 Å². The van der Waals surface area contributed by atoms with E-state index in [9.17, 15) is 23.3 Å². The van der Waals surface area contributed by atoms with E-state index < -0.39 is 31.4 Å². The lowest BCUT2D eigenvalue weighted by Crippen LogP contribution is -2.60. The lowest BCUT2D eigenvalue weighted by Gasteiger charge is -2.58. The van der Waals surface area contributed by atoms with Gasteiger partial charge in [-0.15, -0.1) is 0 Å². The maximum Gasteiger partial charge on any atom is 0.312 e. The Bertz CT molecular complexity index is 2670. The first-order chi connectivity index (χ1) is 31.5. The molecule has 3 aliphatic heterocycles. The quantitative estimate of drug-likeness (QED) is 0.0730. The van der Waals surface area contributed by atoms with E-state index in [-0.39, 0.29) is 28.5 Å². The number of fused-ring (bicyclic) bond motifs is 1. The van der Waals surface area contributed by atoms with Crippen LogP contribution in [0, 0.1) is 21.4 Å². The average Bonchev–Trinajstić information content (AvgIpc) is 4.06. The average molecular weight is 904 g/mol. The van der Waals surface area contributed by atoms with E-state index in [1.54, 1.807) is 36.2 Å². The first kappa shape index (κ1) is 43.3. The highest BCUT2D eigenvalue weighted by Crippen LogP contribution is 2.54. The van der Waals surface area contributed by atoms with E-state index in [4.69, 9.17) is 9.47 Å². The highest BCUT2D eigenvalue weighted by Gasteiger charge is 2.50. The van der Waals surface area contributed by atoms with Crippen molar-refractivity contribution in [1.82, 2.24) is 29.5 Å². The van der Waals surface area contributed by atoms with Crippen molar-refractivity contribution in [3.63, 3.8) is 0 Å². The van der Waals surface area contributed by atoms with Crippen LogP contribution in [0.15, 0.2) is 84.1 Å². The Morgan fingerprint density at radius 2 is 1.75 bits per heavy atom. The number of pyridine rings is 2. The molecule has 2 aliphatic carbocycles. The zero-order valence-corrected chi connectivity index (χ0v) is 37.6. The number of hydrogen-bond donors (Lipinski definition) is 3. The SMILES string of the molecule is CCN1CCN(C2CC3(CCN(c4ccc(C(=O)NS(=O)(=O)c5cnc(NCC6CCOCC6)c([N+](=O)[O-])c5)c(Oc5cnc6[nH]ccc6c5)c4)CC3)C2)[C@@H](c2ccccc2C2CC2)C1. The number of nitrogens with one attached hydrogen (secondary N) is 3. The third-order valence-corrected chi connectivity index (χ3v) is 15.9. The van der Waals surface area contributed by atoms with Crippen molar-refractivity contribution in [2.75, 3.05) is 69.2 Å². The zero-order valence-electron chi connectivity index (χ0n) is 36.8. The van der Waals surface area contributed by atoms with E-state index in [0.717, 1.165) is 88.3 Å². The van der Waals surface area contributed by atoms with E-state index in [2.05, 4.69) is 70.9 Å². The number of likely N-dealkylation sites (N-methyl/N-ethyl adjacent to an activating group) is 1. The summed E-state index contributed by atoms with van der Waals surface area (Å²) < 4.78 is 41.3. The number of piperazine rings is 1. The van der Waals surface area contributed by atoms with Gasteiger partial charge in [0, 0.05) is 94.0 Å². The second kappa shape index (κ2) is 18.0. The smallest absolute Gasteiger partial charge is 0.312 e. The van der Waals surface area contributed by atoms with Crippen molar-refractivity contribution in [3.8, 4) is 11.5 Å². The van der Waals surface area contributed by atoms with Gasteiger partial charge in [-0.2, -0.15) is 0 Å². The van der Waals surface area contributed by atoms with Gasteiger partial charge < -0.3 is 29.6 Å². The Balaban J connectivity index is 0.843. The number of ether oxygens (including phenoxy) is 2. The largest absolute Gasteiger partial charge is 0.455 e. The van der Waals surface area contributed by atoms with Crippen LogP contribution in [0.3, 0.4) is 0 Å². The van der Waals surface area contributed by atoms with Crippen LogP contribution >= 0.6 is 0 Å². The number of piperidine rings is 1. The van der Waals surface area contributed by atoms with Crippen molar-refractivity contribution in [1.29, 1.82) is 0 Å². The molecule has 10 rings (SSSR count). The van der Waals surface area contributed by atoms with Gasteiger partial charge in [-0.05, 0) is 111 Å². The topological polar surface area (TPSA) is 188 Å². The van der Waals surface area contributed by atoms with Crippen LogP contribution in [0.2, 0.25) is 0 Å². The molecule has 1 spiro atoms. The number of H-pyrrole nitrogens is 1. The van der Waals surface area contributed by atoms with Gasteiger partial charge in [-0.1, -0.05) is 31.2 Å². The van der Waals surface area contributed by atoms with Gasteiger partial charge in [-0.25, -0.2) is 23.1 Å². The number of anilines is 2. The minimum Gasteiger partial charge on any atom is -0.455 e. The molecule has 2 aromatic carbocycles. The van der Waals surface area contributed by atoms with Crippen molar-refractivity contribution in [3.05, 3.63) is 106 Å². The fourth-order valence-corrected chi connectivity index (χ4v) is 11.6. The molecule has 342 valence electrons. The molecule has 2 saturated carbocycles. The van der Waals surface area contributed by atoms with Gasteiger partial charge >= 0.3 is 5.69 Å². The molecule has 6 heterocycles. The number of aromatic amines is 1. The third kappa shape index (κ3) is 9.15. The summed E-state index contributed by atoms with van der Waals surface area (Å²) in [7, 11) is -4.61. The normalized spacial score (nSPS) is 21.0. The summed E-state index contributed by atoms with van der Waals surface area (Å²) in [5.74, 6) is 0.469. The standard InChI is InChI=1S/C48H57N9O7S/c1-2-54-19-20-56(43(31-54)40-6-4-3-5-39(40)33-7-8-33)36-26-48(27-36)14-17-55(18-15-48)35-9-10-41(44(24-35)64-37-23-34-11-16-49-45(34)51-29-37)47(58)53-65(61,62)38-25-42(57(59)60)46(52-30-38)50-28-32-12-21-63-22-13-32/h3-6,9-11,16,23-25,29-30,32-33,36,43H,2,7-8,12-15,17-22,26-28,31H2,1H3,(H,49,51)(H,50,52)(H,53,58)/t43-/m1/s1. The zero-order chi connectivity index (χ0) is 44.7. The minimum absolute atomic E-state index is 0.0278. The molecule has 17 heteroatoms. The maximum atomic E-state index is 14.0. The summed E-state index contributed by atoms with van der Waals surface area (Å²) in [4.78, 5) is 44.2. The molecule has 0 radical (unpaired) electrons. The predicted molar refractivity (Wildman–Crippen MR) is 247 cm³/mol. The van der Waals surface area contributed by atoms with Crippen molar-refractivity contribution >= 4 is 44.2 Å². The van der Waals surface area contributed by atoms with Gasteiger partial charge in [0.15, 0.2) is 0 Å². The summed E-state index contributed by atoms with van der Waals surface area (Å²) in [6.45, 7) is 9.97. The Morgan fingerprint density at radius 1 is 0.969 bits per heavy atom. The van der Waals surface area contributed by atoms with Crippen molar-refractivity contribution < 1.29 is 27.6 Å². The molecular weight excluding hydrogens is 847 g/mol. The Kier molecular flexibility index (Phi) is 12.0. The van der Waals surface area contributed by atoms with E-state index in [0.29, 0.717) is 49.2 Å². The number of carbonyl (C=O) groups is 1. The number of carbonyl (C=O) groups excluding carboxylic acids is 1. The fraction of sp³-hybridized carbons (Fsp3) is 0.479. The molecule has 5 aliphatic rings. The number of nitrogens with zero attached hydrogens (tertiary/aromatic N) is 6. The molecule has 3 saturated heterocycles.